The van der Waals surface area contributed by atoms with Crippen molar-refractivity contribution in [2.24, 2.45) is 0 Å². The molecule has 1 aromatic carbocycles. The van der Waals surface area contributed by atoms with Gasteiger partial charge in [-0.25, -0.2) is 8.78 Å². The van der Waals surface area contributed by atoms with Gasteiger partial charge in [0, 0.05) is 19.2 Å². The van der Waals surface area contributed by atoms with E-state index in [1.807, 2.05) is 0 Å². The first-order valence-corrected chi connectivity index (χ1v) is 9.18. The van der Waals surface area contributed by atoms with E-state index in [0.29, 0.717) is 19.2 Å². The van der Waals surface area contributed by atoms with E-state index in [1.165, 1.54) is 6.92 Å². The zero-order valence-electron chi connectivity index (χ0n) is 15.9. The summed E-state index contributed by atoms with van der Waals surface area (Å²) in [5, 5.41) is 7.63. The number of hydrogen-bond donors (Lipinski definition) is 3. The van der Waals surface area contributed by atoms with Gasteiger partial charge in [-0.05, 0) is 44.4 Å². The fraction of sp³-hybridized carbons (Fsp3) is 0.526. The average molecular weight is 397 g/mol. The molecule has 154 valence electrons. The molecule has 1 aliphatic heterocycles. The number of hydrogen-bond acceptors (Lipinski definition) is 5. The van der Waals surface area contributed by atoms with Crippen molar-refractivity contribution in [3.05, 3.63) is 35.4 Å². The molecular weight excluding hydrogens is 372 g/mol. The van der Waals surface area contributed by atoms with Gasteiger partial charge in [-0.2, -0.15) is 0 Å². The summed E-state index contributed by atoms with van der Waals surface area (Å²) >= 11 is 0. The molecule has 28 heavy (non-hydrogen) atoms. The highest BCUT2D eigenvalue weighted by atomic mass is 19.1. The Kier molecular flexibility index (Phi) is 8.01. The second-order valence-electron chi connectivity index (χ2n) is 6.86. The van der Waals surface area contributed by atoms with Crippen molar-refractivity contribution in [3.8, 4) is 0 Å². The van der Waals surface area contributed by atoms with Gasteiger partial charge in [0.05, 0.1) is 18.6 Å². The molecule has 9 heteroatoms. The van der Waals surface area contributed by atoms with Crippen molar-refractivity contribution in [3.63, 3.8) is 0 Å². The van der Waals surface area contributed by atoms with Crippen molar-refractivity contribution < 1.29 is 27.9 Å². The van der Waals surface area contributed by atoms with Gasteiger partial charge < -0.3 is 15.4 Å². The molecule has 0 saturated carbocycles. The normalized spacial score (nSPS) is 18.4. The van der Waals surface area contributed by atoms with Gasteiger partial charge in [0.25, 0.3) is 0 Å². The fourth-order valence-electron chi connectivity index (χ4n) is 2.80. The zero-order valence-corrected chi connectivity index (χ0v) is 15.9. The highest BCUT2D eigenvalue weighted by Gasteiger charge is 2.23. The third kappa shape index (κ3) is 6.97. The quantitative estimate of drug-likeness (QED) is 0.603. The average Bonchev–Trinajstić information content (AvgIpc) is 3.11. The molecule has 0 radical (unpaired) electrons. The smallest absolute Gasteiger partial charge is 0.248 e. The number of amides is 3. The van der Waals surface area contributed by atoms with Crippen molar-refractivity contribution in [2.45, 2.75) is 51.3 Å². The molecule has 3 atom stereocenters. The Morgan fingerprint density at radius 3 is 2.36 bits per heavy atom. The number of rotatable bonds is 8. The van der Waals surface area contributed by atoms with Gasteiger partial charge >= 0.3 is 0 Å². The monoisotopic (exact) mass is 397 g/mol. The maximum absolute atomic E-state index is 13.2. The molecule has 0 aromatic heterocycles. The predicted octanol–water partition coefficient (Wildman–Crippen LogP) is 0.812. The van der Waals surface area contributed by atoms with Gasteiger partial charge in [0.2, 0.25) is 17.7 Å². The van der Waals surface area contributed by atoms with E-state index in [4.69, 9.17) is 4.74 Å². The number of ether oxygens (including phenoxy) is 1. The molecule has 1 heterocycles. The molecule has 1 saturated heterocycles. The van der Waals surface area contributed by atoms with E-state index in [-0.39, 0.29) is 18.1 Å². The summed E-state index contributed by atoms with van der Waals surface area (Å²) in [6.07, 6.45) is 1.69. The number of imide groups is 1. The minimum atomic E-state index is -0.986. The Balaban J connectivity index is 1.75. The Bertz CT molecular complexity index is 703. The van der Waals surface area contributed by atoms with E-state index in [2.05, 4.69) is 16.0 Å². The lowest BCUT2D eigenvalue weighted by Crippen LogP contribution is -2.52. The predicted molar refractivity (Wildman–Crippen MR) is 97.3 cm³/mol. The summed E-state index contributed by atoms with van der Waals surface area (Å²) in [6, 6.07) is 1.19. The van der Waals surface area contributed by atoms with Crippen LogP contribution in [0.1, 0.15) is 32.3 Å². The summed E-state index contributed by atoms with van der Waals surface area (Å²) in [5.74, 6) is -3.36. The summed E-state index contributed by atoms with van der Waals surface area (Å²) in [4.78, 5) is 36.2. The lowest BCUT2D eigenvalue weighted by molar-refractivity contribution is -0.134. The highest BCUT2D eigenvalue weighted by Crippen LogP contribution is 2.11. The first-order valence-electron chi connectivity index (χ1n) is 9.18. The molecule has 0 bridgehead atoms. The van der Waals surface area contributed by atoms with Gasteiger partial charge in [0.1, 0.15) is 17.7 Å². The van der Waals surface area contributed by atoms with Crippen LogP contribution in [0.3, 0.4) is 0 Å². The van der Waals surface area contributed by atoms with Crippen LogP contribution in [0.2, 0.25) is 0 Å². The van der Waals surface area contributed by atoms with Crippen LogP contribution in [0.4, 0.5) is 8.78 Å². The highest BCUT2D eigenvalue weighted by molar-refractivity contribution is 6.00. The summed E-state index contributed by atoms with van der Waals surface area (Å²) < 4.78 is 31.8. The van der Waals surface area contributed by atoms with Gasteiger partial charge in [-0.1, -0.05) is 0 Å². The Hall–Kier alpha value is -2.39. The van der Waals surface area contributed by atoms with Crippen molar-refractivity contribution in [2.75, 3.05) is 13.2 Å². The molecule has 1 unspecified atom stereocenters. The third-order valence-electron chi connectivity index (χ3n) is 4.37. The molecule has 3 amide bonds. The van der Waals surface area contributed by atoms with Crippen LogP contribution in [0.15, 0.2) is 18.2 Å². The molecule has 0 aliphatic carbocycles. The van der Waals surface area contributed by atoms with Crippen LogP contribution >= 0.6 is 0 Å². The molecule has 1 aromatic rings. The van der Waals surface area contributed by atoms with E-state index >= 15 is 0 Å². The zero-order chi connectivity index (χ0) is 20.7. The van der Waals surface area contributed by atoms with E-state index < -0.39 is 41.4 Å². The Morgan fingerprint density at radius 2 is 1.75 bits per heavy atom. The largest absolute Gasteiger partial charge is 0.377 e. The number of benzene rings is 1. The van der Waals surface area contributed by atoms with Crippen LogP contribution < -0.4 is 16.0 Å². The van der Waals surface area contributed by atoms with Crippen molar-refractivity contribution in [1.82, 2.24) is 16.0 Å². The first-order chi connectivity index (χ1) is 13.2. The molecular formula is C19H25F2N3O4. The summed E-state index contributed by atoms with van der Waals surface area (Å²) in [7, 11) is 0. The first kappa shape index (κ1) is 21.9. The molecule has 1 aliphatic rings. The van der Waals surface area contributed by atoms with Crippen LogP contribution in [0.25, 0.3) is 0 Å². The molecule has 1 fully saturated rings. The Labute approximate surface area is 162 Å². The summed E-state index contributed by atoms with van der Waals surface area (Å²) in [5.41, 5.74) is 0.144. The topological polar surface area (TPSA) is 96.5 Å². The second kappa shape index (κ2) is 10.2. The Morgan fingerprint density at radius 1 is 1.11 bits per heavy atom. The SMILES string of the molecule is C[C@H](NCC1CCCO1)C(=O)NC(=O)[C@H](C)NC(=O)Cc1cc(F)cc(F)c1. The van der Waals surface area contributed by atoms with Gasteiger partial charge in [0.15, 0.2) is 0 Å². The van der Waals surface area contributed by atoms with Crippen LogP contribution in [-0.2, 0) is 25.5 Å². The second-order valence-corrected chi connectivity index (χ2v) is 6.86. The van der Waals surface area contributed by atoms with E-state index in [0.717, 1.165) is 25.0 Å². The van der Waals surface area contributed by atoms with Crippen molar-refractivity contribution in [1.29, 1.82) is 0 Å². The number of carbonyl (C=O) groups is 3. The van der Waals surface area contributed by atoms with E-state index in [1.54, 1.807) is 6.92 Å². The number of halogens is 2. The number of nitrogens with one attached hydrogen (secondary N) is 3. The standard InChI is InChI=1S/C19H25F2N3O4/c1-11(22-10-16-4-3-5-28-16)18(26)24-19(27)12(2)23-17(25)8-13-6-14(20)9-15(21)7-13/h6-7,9,11-12,16,22H,3-5,8,10H2,1-2H3,(H,23,25)(H,24,26,27)/t11-,12-,16?/m0/s1. The van der Waals surface area contributed by atoms with Crippen LogP contribution in [-0.4, -0.2) is 49.1 Å². The van der Waals surface area contributed by atoms with E-state index in [9.17, 15) is 23.2 Å². The fourth-order valence-corrected chi connectivity index (χ4v) is 2.80. The minimum absolute atomic E-state index is 0.0665. The van der Waals surface area contributed by atoms with Gasteiger partial charge in [-0.3, -0.25) is 19.7 Å². The maximum atomic E-state index is 13.2. The lowest BCUT2D eigenvalue weighted by Gasteiger charge is -2.18. The van der Waals surface area contributed by atoms with Crippen LogP contribution in [0, 0.1) is 11.6 Å². The van der Waals surface area contributed by atoms with Crippen molar-refractivity contribution >= 4 is 17.7 Å². The molecule has 3 N–H and O–H groups in total. The minimum Gasteiger partial charge on any atom is -0.377 e. The van der Waals surface area contributed by atoms with Crippen LogP contribution in [0.5, 0.6) is 0 Å². The molecule has 7 nitrogen and oxygen atoms in total. The lowest BCUT2D eigenvalue weighted by atomic mass is 10.1. The maximum Gasteiger partial charge on any atom is 0.248 e. The third-order valence-corrected chi connectivity index (χ3v) is 4.37. The van der Waals surface area contributed by atoms with Gasteiger partial charge in [-0.15, -0.1) is 0 Å². The molecule has 2 rings (SSSR count). The number of carbonyl (C=O) groups excluding carboxylic acids is 3. The summed E-state index contributed by atoms with van der Waals surface area (Å²) in [6.45, 7) is 4.26. The molecule has 0 spiro atoms.